The van der Waals surface area contributed by atoms with Crippen LogP contribution in [0.1, 0.15) is 19.4 Å². The number of ether oxygens (including phenoxy) is 1. The van der Waals surface area contributed by atoms with Crippen LogP contribution in [0.3, 0.4) is 0 Å². The second-order valence-electron chi connectivity index (χ2n) is 4.59. The fraction of sp³-hybridized carbons (Fsp3) is 0.500. The lowest BCUT2D eigenvalue weighted by Gasteiger charge is -2.22. The summed E-state index contributed by atoms with van der Waals surface area (Å²) in [6, 6.07) is 4.83. The first-order valence-corrected chi connectivity index (χ1v) is 5.04. The lowest BCUT2D eigenvalue weighted by Crippen LogP contribution is -2.30. The van der Waals surface area contributed by atoms with E-state index >= 15 is 0 Å². The van der Waals surface area contributed by atoms with Crippen LogP contribution in [0.5, 0.6) is 5.75 Å². The Morgan fingerprint density at radius 3 is 2.67 bits per heavy atom. The van der Waals surface area contributed by atoms with Gasteiger partial charge in [0.05, 0.1) is 6.61 Å². The van der Waals surface area contributed by atoms with E-state index in [0.717, 1.165) is 5.56 Å². The highest BCUT2D eigenvalue weighted by Gasteiger charge is 2.17. The van der Waals surface area contributed by atoms with E-state index in [-0.39, 0.29) is 11.2 Å². The smallest absolute Gasteiger partial charge is 0.165 e. The monoisotopic (exact) mass is 211 g/mol. The Balaban J connectivity index is 2.69. The lowest BCUT2D eigenvalue weighted by molar-refractivity contribution is 0.181. The van der Waals surface area contributed by atoms with E-state index in [9.17, 15) is 4.39 Å². The second kappa shape index (κ2) is 4.62. The van der Waals surface area contributed by atoms with E-state index in [1.54, 1.807) is 12.1 Å². The van der Waals surface area contributed by atoms with E-state index in [1.807, 2.05) is 20.8 Å². The van der Waals surface area contributed by atoms with E-state index in [1.165, 1.54) is 6.07 Å². The van der Waals surface area contributed by atoms with Crippen LogP contribution in [-0.2, 0) is 0 Å². The topological polar surface area (TPSA) is 35.2 Å². The normalized spacial score (nSPS) is 11.5. The Morgan fingerprint density at radius 2 is 2.07 bits per heavy atom. The molecule has 0 saturated carbocycles. The summed E-state index contributed by atoms with van der Waals surface area (Å²) in [6.07, 6.45) is 0. The van der Waals surface area contributed by atoms with Gasteiger partial charge in [-0.05, 0) is 24.6 Å². The van der Waals surface area contributed by atoms with E-state index in [4.69, 9.17) is 10.5 Å². The molecule has 1 aromatic rings. The number of rotatable bonds is 4. The molecule has 0 atom stereocenters. The number of hydrogen-bond donors (Lipinski definition) is 1. The van der Waals surface area contributed by atoms with Crippen molar-refractivity contribution < 1.29 is 9.13 Å². The van der Waals surface area contributed by atoms with Crippen LogP contribution in [0.2, 0.25) is 0 Å². The van der Waals surface area contributed by atoms with Gasteiger partial charge in [-0.2, -0.15) is 0 Å². The molecular formula is C12H18FNO. The van der Waals surface area contributed by atoms with Gasteiger partial charge in [0.1, 0.15) is 0 Å². The fourth-order valence-electron chi connectivity index (χ4n) is 1.05. The molecule has 84 valence electrons. The number of aryl methyl sites for hydroxylation is 1. The van der Waals surface area contributed by atoms with Gasteiger partial charge in [0.15, 0.2) is 11.6 Å². The average molecular weight is 211 g/mol. The highest BCUT2D eigenvalue weighted by molar-refractivity contribution is 5.29. The van der Waals surface area contributed by atoms with Crippen LogP contribution in [0.25, 0.3) is 0 Å². The summed E-state index contributed by atoms with van der Waals surface area (Å²) in [4.78, 5) is 0. The molecule has 0 aliphatic heterocycles. The second-order valence-corrected chi connectivity index (χ2v) is 4.59. The maximum absolute atomic E-state index is 13.3. The summed E-state index contributed by atoms with van der Waals surface area (Å²) in [6.45, 7) is 6.81. The van der Waals surface area contributed by atoms with Gasteiger partial charge in [-0.3, -0.25) is 0 Å². The molecule has 0 amide bonds. The Bertz CT molecular complexity index is 336. The predicted octanol–water partition coefficient (Wildman–Crippen LogP) is 2.50. The van der Waals surface area contributed by atoms with E-state index in [0.29, 0.717) is 18.9 Å². The molecule has 0 saturated heterocycles. The predicted molar refractivity (Wildman–Crippen MR) is 59.5 cm³/mol. The molecule has 0 aliphatic rings. The molecule has 15 heavy (non-hydrogen) atoms. The molecule has 0 unspecified atom stereocenters. The van der Waals surface area contributed by atoms with Gasteiger partial charge >= 0.3 is 0 Å². The largest absolute Gasteiger partial charge is 0.490 e. The first-order valence-electron chi connectivity index (χ1n) is 5.04. The van der Waals surface area contributed by atoms with Gasteiger partial charge in [0, 0.05) is 12.0 Å². The van der Waals surface area contributed by atoms with Gasteiger partial charge in [-0.25, -0.2) is 4.39 Å². The van der Waals surface area contributed by atoms with Crippen molar-refractivity contribution in [1.29, 1.82) is 0 Å². The van der Waals surface area contributed by atoms with Crippen LogP contribution in [0.15, 0.2) is 18.2 Å². The van der Waals surface area contributed by atoms with Crippen molar-refractivity contribution in [3.05, 3.63) is 29.6 Å². The summed E-state index contributed by atoms with van der Waals surface area (Å²) in [5.74, 6) is -0.0232. The number of halogens is 1. The molecule has 0 spiro atoms. The molecule has 2 nitrogen and oxygen atoms in total. The van der Waals surface area contributed by atoms with Crippen LogP contribution in [-0.4, -0.2) is 13.2 Å². The zero-order valence-electron chi connectivity index (χ0n) is 9.51. The summed E-state index contributed by atoms with van der Waals surface area (Å²) in [5, 5.41) is 0. The number of hydrogen-bond acceptors (Lipinski definition) is 2. The zero-order chi connectivity index (χ0) is 11.5. The molecule has 0 heterocycles. The van der Waals surface area contributed by atoms with Crippen LogP contribution >= 0.6 is 0 Å². The van der Waals surface area contributed by atoms with Crippen molar-refractivity contribution in [3.8, 4) is 5.75 Å². The first kappa shape index (κ1) is 12.0. The molecule has 0 aliphatic carbocycles. The first-order chi connectivity index (χ1) is 6.94. The minimum absolute atomic E-state index is 0.129. The van der Waals surface area contributed by atoms with E-state index < -0.39 is 0 Å². The highest BCUT2D eigenvalue weighted by Crippen LogP contribution is 2.21. The molecule has 1 aromatic carbocycles. The van der Waals surface area contributed by atoms with Crippen LogP contribution in [0.4, 0.5) is 4.39 Å². The van der Waals surface area contributed by atoms with Crippen molar-refractivity contribution in [1.82, 2.24) is 0 Å². The van der Waals surface area contributed by atoms with Crippen molar-refractivity contribution in [2.75, 3.05) is 13.2 Å². The standard InChI is InChI=1S/C12H18FNO/c1-9-4-5-10(13)11(6-9)15-8-12(2,3)7-14/h4-6H,7-8,14H2,1-3H3. The summed E-state index contributed by atoms with van der Waals surface area (Å²) >= 11 is 0. The summed E-state index contributed by atoms with van der Waals surface area (Å²) < 4.78 is 18.7. The maximum Gasteiger partial charge on any atom is 0.165 e. The number of benzene rings is 1. The maximum atomic E-state index is 13.3. The Morgan fingerprint density at radius 1 is 1.40 bits per heavy atom. The van der Waals surface area contributed by atoms with E-state index in [2.05, 4.69) is 0 Å². The van der Waals surface area contributed by atoms with Gasteiger partial charge in [0.2, 0.25) is 0 Å². The highest BCUT2D eigenvalue weighted by atomic mass is 19.1. The molecule has 1 rings (SSSR count). The summed E-state index contributed by atoms with van der Waals surface area (Å²) in [7, 11) is 0. The van der Waals surface area contributed by atoms with Crippen molar-refractivity contribution in [2.45, 2.75) is 20.8 Å². The van der Waals surface area contributed by atoms with Crippen LogP contribution in [0, 0.1) is 18.2 Å². The summed E-state index contributed by atoms with van der Waals surface area (Å²) in [5.41, 5.74) is 6.42. The van der Waals surface area contributed by atoms with Gasteiger partial charge in [-0.15, -0.1) is 0 Å². The van der Waals surface area contributed by atoms with Crippen molar-refractivity contribution in [2.24, 2.45) is 11.1 Å². The van der Waals surface area contributed by atoms with Gasteiger partial charge in [0.25, 0.3) is 0 Å². The average Bonchev–Trinajstić information content (AvgIpc) is 2.20. The van der Waals surface area contributed by atoms with Crippen molar-refractivity contribution in [3.63, 3.8) is 0 Å². The van der Waals surface area contributed by atoms with Crippen molar-refractivity contribution >= 4 is 0 Å². The fourth-order valence-corrected chi connectivity index (χ4v) is 1.05. The quantitative estimate of drug-likeness (QED) is 0.830. The molecule has 0 fully saturated rings. The SMILES string of the molecule is Cc1ccc(F)c(OCC(C)(C)CN)c1. The van der Waals surface area contributed by atoms with Crippen LogP contribution < -0.4 is 10.5 Å². The molecule has 0 aromatic heterocycles. The zero-order valence-corrected chi connectivity index (χ0v) is 9.51. The minimum Gasteiger partial charge on any atom is -0.490 e. The third-order valence-electron chi connectivity index (χ3n) is 2.26. The molecular weight excluding hydrogens is 193 g/mol. The Labute approximate surface area is 90.2 Å². The Kier molecular flexibility index (Phi) is 3.69. The molecule has 0 radical (unpaired) electrons. The van der Waals surface area contributed by atoms with Gasteiger partial charge < -0.3 is 10.5 Å². The Hall–Kier alpha value is -1.09. The third kappa shape index (κ3) is 3.51. The molecule has 2 N–H and O–H groups in total. The number of nitrogens with two attached hydrogens (primary N) is 1. The lowest BCUT2D eigenvalue weighted by atomic mass is 9.95. The van der Waals surface area contributed by atoms with Gasteiger partial charge in [-0.1, -0.05) is 19.9 Å². The molecule has 3 heteroatoms. The third-order valence-corrected chi connectivity index (χ3v) is 2.26. The molecule has 0 bridgehead atoms. The minimum atomic E-state index is -0.326.